The molecule has 188 valence electrons. The maximum Gasteiger partial charge on any atom is 0.317 e. The van der Waals surface area contributed by atoms with Gasteiger partial charge >= 0.3 is 5.97 Å². The number of piperidine rings is 1. The molecule has 8 nitrogen and oxygen atoms in total. The van der Waals surface area contributed by atoms with Gasteiger partial charge in [0.25, 0.3) is 11.8 Å². The van der Waals surface area contributed by atoms with Crippen molar-refractivity contribution in [3.63, 3.8) is 0 Å². The smallest absolute Gasteiger partial charge is 0.317 e. The molecule has 2 aliphatic heterocycles. The highest BCUT2D eigenvalue weighted by Crippen LogP contribution is 2.45. The van der Waals surface area contributed by atoms with Gasteiger partial charge in [0.05, 0.1) is 16.8 Å². The van der Waals surface area contributed by atoms with Gasteiger partial charge in [-0.05, 0) is 43.4 Å². The second kappa shape index (κ2) is 9.41. The van der Waals surface area contributed by atoms with Crippen LogP contribution >= 0.6 is 0 Å². The van der Waals surface area contributed by atoms with Crippen LogP contribution in [-0.4, -0.2) is 53.8 Å². The van der Waals surface area contributed by atoms with E-state index < -0.39 is 29.4 Å². The highest BCUT2D eigenvalue weighted by molar-refractivity contribution is 6.15. The number of carbonyl (C=O) groups excluding carboxylic acids is 4. The number of benzene rings is 2. The molecule has 1 N–H and O–H groups in total. The summed E-state index contributed by atoms with van der Waals surface area (Å²) in [5.74, 6) is -1.09. The first-order chi connectivity index (χ1) is 17.4. The van der Waals surface area contributed by atoms with E-state index in [0.717, 1.165) is 18.4 Å². The summed E-state index contributed by atoms with van der Waals surface area (Å²) in [5.41, 5.74) is 0.141. The Morgan fingerprint density at radius 3 is 2.22 bits per heavy atom. The van der Waals surface area contributed by atoms with E-state index in [1.807, 2.05) is 48.5 Å². The summed E-state index contributed by atoms with van der Waals surface area (Å²) in [6, 6.07) is 16.7. The lowest BCUT2D eigenvalue weighted by Gasteiger charge is -2.44. The molecule has 2 fully saturated rings. The Morgan fingerprint density at radius 1 is 0.917 bits per heavy atom. The number of nitrogens with one attached hydrogen (secondary N) is 1. The zero-order valence-electron chi connectivity index (χ0n) is 20.5. The van der Waals surface area contributed by atoms with Crippen molar-refractivity contribution in [2.45, 2.75) is 56.4 Å². The van der Waals surface area contributed by atoms with Crippen LogP contribution in [0, 0.1) is 0 Å². The number of hydrogen-bond donors (Lipinski definition) is 1. The Labute approximate surface area is 210 Å². The van der Waals surface area contributed by atoms with E-state index in [4.69, 9.17) is 4.74 Å². The van der Waals surface area contributed by atoms with E-state index >= 15 is 0 Å². The van der Waals surface area contributed by atoms with Crippen LogP contribution < -0.4 is 10.2 Å². The van der Waals surface area contributed by atoms with Crippen LogP contribution in [0.3, 0.4) is 0 Å². The van der Waals surface area contributed by atoms with Gasteiger partial charge < -0.3 is 15.0 Å². The maximum absolute atomic E-state index is 13.7. The minimum atomic E-state index is -0.957. The van der Waals surface area contributed by atoms with Crippen LogP contribution in [0.25, 0.3) is 0 Å². The molecule has 0 unspecified atom stereocenters. The second-order valence-corrected chi connectivity index (χ2v) is 9.97. The lowest BCUT2D eigenvalue weighted by molar-refractivity contribution is -0.157. The van der Waals surface area contributed by atoms with Crippen molar-refractivity contribution in [2.75, 3.05) is 29.9 Å². The zero-order chi connectivity index (χ0) is 25.3. The van der Waals surface area contributed by atoms with Gasteiger partial charge in [0.2, 0.25) is 5.91 Å². The van der Waals surface area contributed by atoms with Crippen molar-refractivity contribution in [2.24, 2.45) is 0 Å². The van der Waals surface area contributed by atoms with Gasteiger partial charge in [-0.2, -0.15) is 0 Å². The number of fused-ring (bicyclic) bond motifs is 1. The molecule has 0 bridgehead atoms. The number of para-hydroxylation sites is 2. The largest absolute Gasteiger partial charge is 0.455 e. The van der Waals surface area contributed by atoms with E-state index in [1.54, 1.807) is 15.9 Å². The van der Waals surface area contributed by atoms with Gasteiger partial charge in [-0.3, -0.25) is 24.1 Å². The fourth-order valence-corrected chi connectivity index (χ4v) is 6.03. The minimum absolute atomic E-state index is 0.0240. The summed E-state index contributed by atoms with van der Waals surface area (Å²) in [6.45, 7) is 1.96. The van der Waals surface area contributed by atoms with Gasteiger partial charge in [-0.15, -0.1) is 0 Å². The van der Waals surface area contributed by atoms with E-state index in [1.165, 1.54) is 6.92 Å². The lowest BCUT2D eigenvalue weighted by Crippen LogP contribution is -2.61. The number of carbonyl (C=O) groups is 4. The first kappa shape index (κ1) is 24.0. The van der Waals surface area contributed by atoms with Crippen molar-refractivity contribution >= 4 is 35.1 Å². The molecular weight excluding hydrogens is 458 g/mol. The quantitative estimate of drug-likeness (QED) is 0.664. The predicted molar refractivity (Wildman–Crippen MR) is 134 cm³/mol. The Hall–Kier alpha value is -3.68. The fourth-order valence-electron chi connectivity index (χ4n) is 6.03. The second-order valence-electron chi connectivity index (χ2n) is 9.97. The highest BCUT2D eigenvalue weighted by atomic mass is 16.5. The molecule has 3 aliphatic rings. The Kier molecular flexibility index (Phi) is 6.28. The molecule has 2 aromatic rings. The average molecular weight is 490 g/mol. The van der Waals surface area contributed by atoms with Crippen LogP contribution in [-0.2, 0) is 29.3 Å². The predicted octanol–water partition coefficient (Wildman–Crippen LogP) is 3.41. The Balaban J connectivity index is 1.39. The number of ether oxygens (including phenoxy) is 1. The molecule has 1 saturated heterocycles. The normalized spacial score (nSPS) is 20.0. The van der Waals surface area contributed by atoms with Gasteiger partial charge in [-0.1, -0.05) is 55.3 Å². The number of rotatable bonds is 4. The zero-order valence-corrected chi connectivity index (χ0v) is 20.5. The molecule has 2 heterocycles. The SMILES string of the molecule is CC(=O)N1CCC(C(=O)OCC(=O)N2c3ccccc3NC(=O)C23CCCC3)(c2ccccc2)CC1. The van der Waals surface area contributed by atoms with E-state index in [0.29, 0.717) is 50.1 Å². The monoisotopic (exact) mass is 489 g/mol. The third-order valence-electron chi connectivity index (χ3n) is 8.03. The van der Waals surface area contributed by atoms with E-state index in [2.05, 4.69) is 5.32 Å². The number of amides is 3. The molecule has 5 rings (SSSR count). The van der Waals surface area contributed by atoms with Crippen LogP contribution in [0.5, 0.6) is 0 Å². The average Bonchev–Trinajstić information content (AvgIpc) is 3.38. The molecule has 36 heavy (non-hydrogen) atoms. The molecule has 1 spiro atoms. The molecule has 3 amide bonds. The standard InChI is InChI=1S/C28H31N3O5/c1-20(32)30-17-15-27(16-18-30,21-9-3-2-4-10-21)26(35)36-19-24(33)31-23-12-6-5-11-22(23)29-25(34)28(31)13-7-8-14-28/h2-6,9-12H,7-8,13-19H2,1H3,(H,29,34). The van der Waals surface area contributed by atoms with Crippen LogP contribution in [0.15, 0.2) is 54.6 Å². The molecule has 0 radical (unpaired) electrons. The summed E-state index contributed by atoms with van der Waals surface area (Å²) in [6.07, 6.45) is 3.68. The van der Waals surface area contributed by atoms with Crippen molar-refractivity contribution in [3.8, 4) is 0 Å². The third kappa shape index (κ3) is 3.94. The van der Waals surface area contributed by atoms with Crippen molar-refractivity contribution in [1.82, 2.24) is 4.90 Å². The first-order valence-corrected chi connectivity index (χ1v) is 12.6. The van der Waals surface area contributed by atoms with Crippen molar-refractivity contribution in [1.29, 1.82) is 0 Å². The Bertz CT molecular complexity index is 1180. The molecule has 0 atom stereocenters. The van der Waals surface area contributed by atoms with Crippen LogP contribution in [0.2, 0.25) is 0 Å². The highest BCUT2D eigenvalue weighted by Gasteiger charge is 2.52. The topological polar surface area (TPSA) is 96.0 Å². The van der Waals surface area contributed by atoms with Gasteiger partial charge in [0.15, 0.2) is 6.61 Å². The summed E-state index contributed by atoms with van der Waals surface area (Å²) < 4.78 is 5.74. The first-order valence-electron chi connectivity index (χ1n) is 12.6. The van der Waals surface area contributed by atoms with Crippen molar-refractivity contribution in [3.05, 3.63) is 60.2 Å². The van der Waals surface area contributed by atoms with E-state index in [9.17, 15) is 19.2 Å². The lowest BCUT2D eigenvalue weighted by atomic mass is 9.72. The molecule has 0 aromatic heterocycles. The summed E-state index contributed by atoms with van der Waals surface area (Å²) >= 11 is 0. The number of likely N-dealkylation sites (tertiary alicyclic amines) is 1. The molecular formula is C28H31N3O5. The minimum Gasteiger partial charge on any atom is -0.455 e. The number of anilines is 2. The summed E-state index contributed by atoms with van der Waals surface area (Å²) in [4.78, 5) is 55.6. The maximum atomic E-state index is 13.7. The van der Waals surface area contributed by atoms with Crippen LogP contribution in [0.4, 0.5) is 11.4 Å². The number of hydrogen-bond acceptors (Lipinski definition) is 5. The van der Waals surface area contributed by atoms with Crippen LogP contribution in [0.1, 0.15) is 51.0 Å². The number of esters is 1. The van der Waals surface area contributed by atoms with Crippen molar-refractivity contribution < 1.29 is 23.9 Å². The van der Waals surface area contributed by atoms with Gasteiger partial charge in [0.1, 0.15) is 5.54 Å². The third-order valence-corrected chi connectivity index (χ3v) is 8.03. The van der Waals surface area contributed by atoms with Gasteiger partial charge in [0, 0.05) is 20.0 Å². The summed E-state index contributed by atoms with van der Waals surface area (Å²) in [5, 5.41) is 2.96. The Morgan fingerprint density at radius 2 is 1.56 bits per heavy atom. The summed E-state index contributed by atoms with van der Waals surface area (Å²) in [7, 11) is 0. The molecule has 2 aromatic carbocycles. The molecule has 8 heteroatoms. The molecule has 1 saturated carbocycles. The fraction of sp³-hybridized carbons (Fsp3) is 0.429. The number of nitrogens with zero attached hydrogens (tertiary/aromatic N) is 2. The van der Waals surface area contributed by atoms with Gasteiger partial charge in [-0.25, -0.2) is 0 Å². The molecule has 1 aliphatic carbocycles. The van der Waals surface area contributed by atoms with E-state index in [-0.39, 0.29) is 11.8 Å².